The lowest BCUT2D eigenvalue weighted by Gasteiger charge is -2.35. The summed E-state index contributed by atoms with van der Waals surface area (Å²) in [5, 5.41) is 11.8. The molecule has 3 aliphatic heterocycles. The van der Waals surface area contributed by atoms with Crippen molar-refractivity contribution in [3.63, 3.8) is 0 Å². The molecule has 198 valence electrons. The van der Waals surface area contributed by atoms with E-state index in [1.54, 1.807) is 19.9 Å². The summed E-state index contributed by atoms with van der Waals surface area (Å²) in [4.78, 5) is 42.0. The van der Waals surface area contributed by atoms with Crippen LogP contribution in [0.4, 0.5) is 18.9 Å². The van der Waals surface area contributed by atoms with Crippen LogP contribution in [0, 0.1) is 18.8 Å². The predicted octanol–water partition coefficient (Wildman–Crippen LogP) is 4.32. The maximum Gasteiger partial charge on any atom is 0.416 e. The summed E-state index contributed by atoms with van der Waals surface area (Å²) in [5.74, 6) is -3.54. The van der Waals surface area contributed by atoms with Crippen molar-refractivity contribution in [3.05, 3.63) is 58.6 Å². The number of fused-ring (bicyclic) bond motifs is 5. The monoisotopic (exact) mass is 544 g/mol. The van der Waals surface area contributed by atoms with Crippen LogP contribution in [0.2, 0.25) is 0 Å². The Bertz CT molecular complexity index is 1490. The first kappa shape index (κ1) is 24.8. The number of hydrogen-bond donors (Lipinski definition) is 2. The Morgan fingerprint density at radius 3 is 2.61 bits per heavy atom. The number of aromatic nitrogens is 2. The van der Waals surface area contributed by atoms with Crippen LogP contribution in [0.5, 0.6) is 0 Å². The van der Waals surface area contributed by atoms with Gasteiger partial charge in [0.15, 0.2) is 5.69 Å². The van der Waals surface area contributed by atoms with Crippen LogP contribution in [0.3, 0.4) is 0 Å². The van der Waals surface area contributed by atoms with Crippen LogP contribution >= 0.6 is 11.3 Å². The number of rotatable bonds is 4. The summed E-state index contributed by atoms with van der Waals surface area (Å²) in [6, 6.07) is 8.21. The number of ether oxygens (including phenoxy) is 1. The minimum atomic E-state index is -4.63. The average molecular weight is 545 g/mol. The highest BCUT2D eigenvalue weighted by Gasteiger charge is 2.76. The van der Waals surface area contributed by atoms with E-state index in [-0.39, 0.29) is 23.4 Å². The molecule has 3 amide bonds. The van der Waals surface area contributed by atoms with Gasteiger partial charge in [0.2, 0.25) is 11.8 Å². The highest BCUT2D eigenvalue weighted by atomic mass is 32.1. The summed E-state index contributed by atoms with van der Waals surface area (Å²) < 4.78 is 46.9. The van der Waals surface area contributed by atoms with Crippen molar-refractivity contribution in [1.82, 2.24) is 15.5 Å². The first-order valence-electron chi connectivity index (χ1n) is 12.0. The molecule has 0 unspecified atom stereocenters. The number of halogens is 3. The molecule has 6 rings (SSSR count). The van der Waals surface area contributed by atoms with Gasteiger partial charge in [0, 0.05) is 6.42 Å². The number of hydrogen-bond acceptors (Lipinski definition) is 6. The fraction of sp³-hybridized carbons (Fsp3) is 0.385. The van der Waals surface area contributed by atoms with Gasteiger partial charge in [0.25, 0.3) is 5.91 Å². The molecule has 38 heavy (non-hydrogen) atoms. The van der Waals surface area contributed by atoms with Gasteiger partial charge in [-0.1, -0.05) is 12.1 Å². The molecule has 5 atom stereocenters. The number of amides is 3. The molecule has 8 nitrogen and oxygen atoms in total. The number of aromatic amines is 1. The molecule has 2 bridgehead atoms. The van der Waals surface area contributed by atoms with E-state index in [0.29, 0.717) is 5.69 Å². The van der Waals surface area contributed by atoms with E-state index in [2.05, 4.69) is 15.5 Å². The van der Waals surface area contributed by atoms with Crippen LogP contribution < -0.4 is 10.2 Å². The van der Waals surface area contributed by atoms with E-state index in [1.165, 1.54) is 30.4 Å². The topological polar surface area (TPSA) is 104 Å². The van der Waals surface area contributed by atoms with Gasteiger partial charge < -0.3 is 10.1 Å². The van der Waals surface area contributed by atoms with Crippen molar-refractivity contribution in [3.8, 4) is 10.6 Å². The first-order chi connectivity index (χ1) is 17.8. The highest BCUT2D eigenvalue weighted by Crippen LogP contribution is 2.61. The molecule has 3 saturated heterocycles. The third-order valence-electron chi connectivity index (χ3n) is 8.02. The van der Waals surface area contributed by atoms with E-state index >= 15 is 0 Å². The normalized spacial score (nSPS) is 30.3. The first-order valence-corrected chi connectivity index (χ1v) is 12.9. The van der Waals surface area contributed by atoms with Gasteiger partial charge >= 0.3 is 6.18 Å². The second-order valence-electron chi connectivity index (χ2n) is 10.4. The van der Waals surface area contributed by atoms with Crippen molar-refractivity contribution in [2.24, 2.45) is 11.8 Å². The van der Waals surface area contributed by atoms with Gasteiger partial charge in [0.05, 0.1) is 50.9 Å². The molecule has 3 aliphatic rings. The highest BCUT2D eigenvalue weighted by molar-refractivity contribution is 7.13. The Kier molecular flexibility index (Phi) is 5.22. The number of carbonyl (C=O) groups is 3. The maximum absolute atomic E-state index is 13.6. The lowest BCUT2D eigenvalue weighted by Crippen LogP contribution is -2.56. The molecule has 0 saturated carbocycles. The summed E-state index contributed by atoms with van der Waals surface area (Å²) in [6.45, 7) is 4.69. The quantitative estimate of drug-likeness (QED) is 0.476. The molecule has 3 aromatic rings. The van der Waals surface area contributed by atoms with Crippen LogP contribution in [0.15, 0.2) is 41.8 Å². The number of nitrogens with zero attached hydrogens (tertiary/aromatic N) is 2. The van der Waals surface area contributed by atoms with E-state index in [1.807, 2.05) is 17.5 Å². The molecule has 12 heteroatoms. The van der Waals surface area contributed by atoms with E-state index < -0.39 is 58.5 Å². The lowest BCUT2D eigenvalue weighted by molar-refractivity contribution is -0.138. The molecular formula is C26H23F3N4O4S. The van der Waals surface area contributed by atoms with Crippen LogP contribution in [0.25, 0.3) is 10.6 Å². The Labute approximate surface area is 219 Å². The fourth-order valence-corrected chi connectivity index (χ4v) is 6.98. The molecule has 1 aromatic carbocycles. The molecular weight excluding hydrogens is 521 g/mol. The maximum atomic E-state index is 13.6. The van der Waals surface area contributed by atoms with Crippen LogP contribution in [-0.2, 0) is 20.5 Å². The zero-order valence-corrected chi connectivity index (χ0v) is 21.4. The largest absolute Gasteiger partial charge is 0.416 e. The van der Waals surface area contributed by atoms with Gasteiger partial charge in [-0.3, -0.25) is 19.5 Å². The number of alkyl halides is 3. The van der Waals surface area contributed by atoms with Crippen molar-refractivity contribution < 1.29 is 32.3 Å². The SMILES string of the molecule is Cc1ccc(N2C(=O)[C@@H]3[C@H](C2=O)[C@@]2(C)C[C@@H](NC(=O)c4cc(-c5cccs5)[nH]n4)[C@]3(C)O2)cc1C(F)(F)F. The van der Waals surface area contributed by atoms with Gasteiger partial charge in [0.1, 0.15) is 0 Å². The summed E-state index contributed by atoms with van der Waals surface area (Å²) in [7, 11) is 0. The summed E-state index contributed by atoms with van der Waals surface area (Å²) >= 11 is 1.50. The van der Waals surface area contributed by atoms with E-state index in [9.17, 15) is 27.6 Å². The molecule has 0 radical (unpaired) electrons. The number of aryl methyl sites for hydroxylation is 1. The Hall–Kier alpha value is -3.51. The molecule has 2 N–H and O–H groups in total. The third-order valence-corrected chi connectivity index (χ3v) is 8.93. The molecule has 0 spiro atoms. The smallest absolute Gasteiger partial charge is 0.365 e. The lowest BCUT2D eigenvalue weighted by atomic mass is 9.66. The van der Waals surface area contributed by atoms with Crippen molar-refractivity contribution >= 4 is 34.7 Å². The minimum Gasteiger partial charge on any atom is -0.365 e. The Balaban J connectivity index is 1.28. The number of carbonyl (C=O) groups excluding carboxylic acids is 3. The van der Waals surface area contributed by atoms with Gasteiger partial charge in [-0.2, -0.15) is 18.3 Å². The van der Waals surface area contributed by atoms with Gasteiger partial charge in [-0.05, 0) is 56.0 Å². The fourth-order valence-electron chi connectivity index (χ4n) is 6.29. The van der Waals surface area contributed by atoms with E-state index in [0.717, 1.165) is 15.8 Å². The number of thiophene rings is 1. The van der Waals surface area contributed by atoms with Crippen molar-refractivity contribution in [2.75, 3.05) is 4.90 Å². The van der Waals surface area contributed by atoms with Crippen molar-refractivity contribution in [1.29, 1.82) is 0 Å². The second kappa shape index (κ2) is 8.00. The number of nitrogens with one attached hydrogen (secondary N) is 2. The average Bonchev–Trinajstić information content (AvgIpc) is 3.62. The van der Waals surface area contributed by atoms with E-state index in [4.69, 9.17) is 4.74 Å². The predicted molar refractivity (Wildman–Crippen MR) is 131 cm³/mol. The standard InChI is InChI=1S/C26H23F3N4O4S/c1-12-6-7-13(9-14(12)26(27,28)29)33-22(35)19-20(23(33)36)25(3)18(11-24(19,2)37-25)30-21(34)16-10-15(31-32-16)17-5-4-8-38-17/h4-10,18-20H,11H2,1-3H3,(H,30,34)(H,31,32)/t18-,19-,20+,24-,25+/m1/s1. The van der Waals surface area contributed by atoms with Crippen LogP contribution in [-0.4, -0.2) is 45.2 Å². The van der Waals surface area contributed by atoms with Gasteiger partial charge in [-0.25, -0.2) is 4.90 Å². The minimum absolute atomic E-state index is 0.00811. The number of H-pyrrole nitrogens is 1. The Morgan fingerprint density at radius 2 is 1.92 bits per heavy atom. The molecule has 2 aromatic heterocycles. The summed E-state index contributed by atoms with van der Waals surface area (Å²) in [6.07, 6.45) is -4.37. The second-order valence-corrected chi connectivity index (χ2v) is 11.4. The van der Waals surface area contributed by atoms with Crippen LogP contribution in [0.1, 0.15) is 41.9 Å². The summed E-state index contributed by atoms with van der Waals surface area (Å²) in [5.41, 5.74) is -2.50. The number of anilines is 1. The molecule has 3 fully saturated rings. The zero-order valence-electron chi connectivity index (χ0n) is 20.6. The molecule has 5 heterocycles. The molecule has 0 aliphatic carbocycles. The number of imide groups is 1. The number of benzene rings is 1. The van der Waals surface area contributed by atoms with Gasteiger partial charge in [-0.15, -0.1) is 11.3 Å². The third kappa shape index (κ3) is 3.46. The zero-order chi connectivity index (χ0) is 27.2. The Morgan fingerprint density at radius 1 is 1.18 bits per heavy atom. The van der Waals surface area contributed by atoms with Crippen molar-refractivity contribution in [2.45, 2.75) is 50.6 Å².